The summed E-state index contributed by atoms with van der Waals surface area (Å²) in [4.78, 5) is 0. The number of nitrogens with one attached hydrogen (secondary N) is 1. The highest BCUT2D eigenvalue weighted by Crippen LogP contribution is 2.29. The number of aryl methyl sites for hydroxylation is 2. The first-order valence-electron chi connectivity index (χ1n) is 6.59. The molecule has 0 aliphatic heterocycles. The van der Waals surface area contributed by atoms with Gasteiger partial charge in [-0.25, -0.2) is 8.78 Å². The van der Waals surface area contributed by atoms with Gasteiger partial charge in [0.25, 0.3) is 0 Å². The van der Waals surface area contributed by atoms with Crippen LogP contribution in [-0.4, -0.2) is 0 Å². The monoisotopic (exact) mass is 354 g/mol. The minimum absolute atomic E-state index is 0.0484. The van der Waals surface area contributed by atoms with Crippen molar-refractivity contribution in [2.45, 2.75) is 26.3 Å². The maximum atomic E-state index is 14.2. The summed E-state index contributed by atoms with van der Waals surface area (Å²) in [5.41, 5.74) is 5.65. The summed E-state index contributed by atoms with van der Waals surface area (Å²) in [5.74, 6) is 4.30. The molecule has 0 amide bonds. The van der Waals surface area contributed by atoms with Crippen molar-refractivity contribution in [2.75, 3.05) is 0 Å². The van der Waals surface area contributed by atoms with Crippen LogP contribution < -0.4 is 11.3 Å². The van der Waals surface area contributed by atoms with E-state index in [-0.39, 0.29) is 10.0 Å². The summed E-state index contributed by atoms with van der Waals surface area (Å²) >= 11 is 3.08. The highest BCUT2D eigenvalue weighted by Gasteiger charge is 2.22. The van der Waals surface area contributed by atoms with E-state index in [0.717, 1.165) is 16.7 Å². The predicted molar refractivity (Wildman–Crippen MR) is 83.7 cm³/mol. The van der Waals surface area contributed by atoms with E-state index in [2.05, 4.69) is 21.4 Å². The van der Waals surface area contributed by atoms with Crippen LogP contribution in [0.5, 0.6) is 0 Å². The van der Waals surface area contributed by atoms with Gasteiger partial charge in [-0.15, -0.1) is 0 Å². The molecule has 2 aromatic carbocycles. The number of benzene rings is 2. The summed E-state index contributed by atoms with van der Waals surface area (Å²) in [6, 6.07) is 7.95. The van der Waals surface area contributed by atoms with Gasteiger partial charge in [0, 0.05) is 5.56 Å². The molecule has 0 aliphatic rings. The minimum Gasteiger partial charge on any atom is -0.271 e. The van der Waals surface area contributed by atoms with Crippen molar-refractivity contribution in [3.8, 4) is 0 Å². The quantitative estimate of drug-likeness (QED) is 0.493. The lowest BCUT2D eigenvalue weighted by Crippen LogP contribution is -2.31. The Morgan fingerprint density at radius 2 is 1.90 bits per heavy atom. The summed E-state index contributed by atoms with van der Waals surface area (Å²) in [6.45, 7) is 3.95. The molecule has 0 spiro atoms. The van der Waals surface area contributed by atoms with E-state index in [0.29, 0.717) is 6.42 Å². The van der Waals surface area contributed by atoms with Gasteiger partial charge in [-0.1, -0.05) is 23.8 Å². The van der Waals surface area contributed by atoms with E-state index >= 15 is 0 Å². The largest absolute Gasteiger partial charge is 0.271 e. The van der Waals surface area contributed by atoms with Crippen LogP contribution in [0.4, 0.5) is 8.78 Å². The normalized spacial score (nSPS) is 12.5. The minimum atomic E-state index is -0.636. The van der Waals surface area contributed by atoms with Crippen molar-refractivity contribution in [3.05, 3.63) is 68.7 Å². The second kappa shape index (κ2) is 6.64. The van der Waals surface area contributed by atoms with Gasteiger partial charge >= 0.3 is 0 Å². The summed E-state index contributed by atoms with van der Waals surface area (Å²) in [7, 11) is 0. The maximum absolute atomic E-state index is 14.2. The molecular weight excluding hydrogens is 338 g/mol. The second-order valence-corrected chi connectivity index (χ2v) is 5.96. The van der Waals surface area contributed by atoms with E-state index in [1.54, 1.807) is 0 Å². The molecule has 5 heteroatoms. The van der Waals surface area contributed by atoms with Crippen LogP contribution in [0.2, 0.25) is 0 Å². The Balaban J connectivity index is 2.41. The van der Waals surface area contributed by atoms with Crippen LogP contribution in [0.15, 0.2) is 34.8 Å². The van der Waals surface area contributed by atoms with Gasteiger partial charge in [0.1, 0.15) is 11.6 Å². The molecule has 21 heavy (non-hydrogen) atoms. The summed E-state index contributed by atoms with van der Waals surface area (Å²) < 4.78 is 28.4. The van der Waals surface area contributed by atoms with Crippen LogP contribution in [0.25, 0.3) is 0 Å². The Hall–Kier alpha value is -1.30. The fourth-order valence-corrected chi connectivity index (χ4v) is 2.69. The molecule has 0 bridgehead atoms. The Morgan fingerprint density at radius 3 is 2.57 bits per heavy atom. The van der Waals surface area contributed by atoms with Gasteiger partial charge in [0.2, 0.25) is 0 Å². The van der Waals surface area contributed by atoms with Crippen LogP contribution >= 0.6 is 15.9 Å². The molecule has 1 atom stereocenters. The Kier molecular flexibility index (Phi) is 5.08. The van der Waals surface area contributed by atoms with Crippen molar-refractivity contribution in [3.63, 3.8) is 0 Å². The van der Waals surface area contributed by atoms with Gasteiger partial charge in [0.05, 0.1) is 10.5 Å². The smallest absolute Gasteiger partial charge is 0.145 e. The van der Waals surface area contributed by atoms with E-state index in [9.17, 15) is 8.78 Å². The summed E-state index contributed by atoms with van der Waals surface area (Å²) in [5, 5.41) is 0. The first-order valence-corrected chi connectivity index (χ1v) is 7.39. The zero-order valence-electron chi connectivity index (χ0n) is 11.9. The van der Waals surface area contributed by atoms with Crippen molar-refractivity contribution < 1.29 is 8.78 Å². The van der Waals surface area contributed by atoms with E-state index in [1.807, 2.05) is 32.0 Å². The average molecular weight is 355 g/mol. The number of hydrogen-bond donors (Lipinski definition) is 2. The lowest BCUT2D eigenvalue weighted by atomic mass is 9.94. The Morgan fingerprint density at radius 1 is 1.19 bits per heavy atom. The number of halogens is 3. The zero-order chi connectivity index (χ0) is 15.6. The molecular formula is C16H17BrF2N2. The van der Waals surface area contributed by atoms with Crippen molar-refractivity contribution in [2.24, 2.45) is 5.84 Å². The third-order valence-corrected chi connectivity index (χ3v) is 4.17. The fourth-order valence-electron chi connectivity index (χ4n) is 2.35. The lowest BCUT2D eigenvalue weighted by molar-refractivity contribution is 0.470. The first-order chi connectivity index (χ1) is 9.93. The van der Waals surface area contributed by atoms with Crippen molar-refractivity contribution in [1.29, 1.82) is 0 Å². The first kappa shape index (κ1) is 16.1. The highest BCUT2D eigenvalue weighted by molar-refractivity contribution is 9.10. The molecule has 0 saturated carbocycles. The molecule has 0 radical (unpaired) electrons. The molecule has 3 N–H and O–H groups in total. The lowest BCUT2D eigenvalue weighted by Gasteiger charge is -2.20. The van der Waals surface area contributed by atoms with Crippen LogP contribution in [0.3, 0.4) is 0 Å². The van der Waals surface area contributed by atoms with E-state index in [4.69, 9.17) is 5.84 Å². The van der Waals surface area contributed by atoms with Crippen LogP contribution in [-0.2, 0) is 6.42 Å². The number of hydrogen-bond acceptors (Lipinski definition) is 2. The van der Waals surface area contributed by atoms with E-state index in [1.165, 1.54) is 12.1 Å². The molecule has 0 fully saturated rings. The maximum Gasteiger partial charge on any atom is 0.145 e. The van der Waals surface area contributed by atoms with Gasteiger partial charge in [0.15, 0.2) is 0 Å². The molecule has 0 aromatic heterocycles. The molecule has 0 heterocycles. The standard InChI is InChI=1S/C16H17BrF2N2/c1-9-3-4-10(2)11(7-9)8-14(21-20)15-13(18)6-5-12(17)16(15)19/h3-7,14,21H,8,20H2,1-2H3. The number of nitrogens with two attached hydrogens (primary N) is 1. The zero-order valence-corrected chi connectivity index (χ0v) is 13.5. The highest BCUT2D eigenvalue weighted by atomic mass is 79.9. The molecule has 0 saturated heterocycles. The predicted octanol–water partition coefficient (Wildman–Crippen LogP) is 4.09. The third kappa shape index (κ3) is 3.48. The molecule has 112 valence electrons. The topological polar surface area (TPSA) is 38.0 Å². The summed E-state index contributed by atoms with van der Waals surface area (Å²) in [6.07, 6.45) is 0.411. The van der Waals surface area contributed by atoms with Gasteiger partial charge in [-0.05, 0) is 59.5 Å². The molecule has 0 aliphatic carbocycles. The third-order valence-electron chi connectivity index (χ3n) is 3.56. The average Bonchev–Trinajstić information content (AvgIpc) is 2.45. The van der Waals surface area contributed by atoms with E-state index < -0.39 is 17.7 Å². The number of rotatable bonds is 4. The van der Waals surface area contributed by atoms with Crippen LogP contribution in [0, 0.1) is 25.5 Å². The fraction of sp³-hybridized carbons (Fsp3) is 0.250. The molecule has 2 nitrogen and oxygen atoms in total. The number of hydrazine groups is 1. The molecule has 1 unspecified atom stereocenters. The van der Waals surface area contributed by atoms with Gasteiger partial charge in [-0.3, -0.25) is 11.3 Å². The van der Waals surface area contributed by atoms with Gasteiger partial charge < -0.3 is 0 Å². The van der Waals surface area contributed by atoms with Crippen LogP contribution in [0.1, 0.15) is 28.3 Å². The molecule has 2 rings (SSSR count). The van der Waals surface area contributed by atoms with Crippen molar-refractivity contribution >= 4 is 15.9 Å². The molecule has 2 aromatic rings. The second-order valence-electron chi connectivity index (χ2n) is 5.11. The Labute approximate surface area is 131 Å². The SMILES string of the molecule is Cc1ccc(C)c(CC(NN)c2c(F)ccc(Br)c2F)c1. The Bertz CT molecular complexity index is 659. The van der Waals surface area contributed by atoms with Crippen molar-refractivity contribution in [1.82, 2.24) is 5.43 Å². The van der Waals surface area contributed by atoms with Gasteiger partial charge in [-0.2, -0.15) is 0 Å².